The molecule has 0 fully saturated rings. The molecule has 0 radical (unpaired) electrons. The normalized spacial score (nSPS) is 11.8. The van der Waals surface area contributed by atoms with Crippen molar-refractivity contribution < 1.29 is 24.4 Å². The van der Waals surface area contributed by atoms with Crippen LogP contribution in [0, 0.1) is 11.3 Å². The van der Waals surface area contributed by atoms with Gasteiger partial charge in [-0.3, -0.25) is 4.79 Å². The van der Waals surface area contributed by atoms with Crippen LogP contribution in [0.1, 0.15) is 23.6 Å². The number of alkyl carbamates (subject to hydrolysis) is 1. The lowest BCUT2D eigenvalue weighted by Crippen LogP contribution is -2.48. The highest BCUT2D eigenvalue weighted by Crippen LogP contribution is 2.12. The highest BCUT2D eigenvalue weighted by Gasteiger charge is 2.26. The number of nitrogens with zero attached hydrogens (tertiary/aromatic N) is 2. The molecule has 2 aromatic carbocycles. The molecule has 2 amide bonds. The monoisotopic (exact) mass is 449 g/mol. The average Bonchev–Trinajstić information content (AvgIpc) is 2.82. The molecule has 0 aliphatic heterocycles. The fraction of sp³-hybridized carbons (Fsp3) is 0.292. The van der Waals surface area contributed by atoms with E-state index in [9.17, 15) is 24.9 Å². The Hall–Kier alpha value is -3.61. The Kier molecular flexibility index (Phi) is 10.2. The highest BCUT2D eigenvalue weighted by molar-refractivity contribution is 6.43. The van der Waals surface area contributed by atoms with Crippen molar-refractivity contribution in [1.29, 1.82) is 5.26 Å². The second-order valence-electron chi connectivity index (χ2n) is 7.47. The molecule has 2 rings (SSSR count). The van der Waals surface area contributed by atoms with Gasteiger partial charge in [-0.25, -0.2) is 4.79 Å². The number of carbonyl (C=O) groups excluding carboxylic acids is 2. The maximum absolute atomic E-state index is 12.2. The van der Waals surface area contributed by atoms with Gasteiger partial charge >= 0.3 is 13.2 Å². The lowest BCUT2D eigenvalue weighted by molar-refractivity contribution is -0.125. The Morgan fingerprint density at radius 2 is 1.88 bits per heavy atom. The van der Waals surface area contributed by atoms with Crippen molar-refractivity contribution in [3.05, 3.63) is 76.9 Å². The second kappa shape index (κ2) is 13.1. The van der Waals surface area contributed by atoms with Gasteiger partial charge in [-0.1, -0.05) is 54.6 Å². The maximum atomic E-state index is 12.2. The van der Waals surface area contributed by atoms with Crippen LogP contribution in [0.4, 0.5) is 4.79 Å². The van der Waals surface area contributed by atoms with Crippen LogP contribution < -0.4 is 5.32 Å². The molecular weight excluding hydrogens is 421 g/mol. The first kappa shape index (κ1) is 25.7. The zero-order valence-electron chi connectivity index (χ0n) is 18.8. The van der Waals surface area contributed by atoms with Gasteiger partial charge in [-0.15, -0.1) is 0 Å². The summed E-state index contributed by atoms with van der Waals surface area (Å²) in [5.74, 6) is -1.25. The van der Waals surface area contributed by atoms with Gasteiger partial charge in [0.05, 0.1) is 12.5 Å². The predicted octanol–water partition coefficient (Wildman–Crippen LogP) is 1.96. The molecule has 0 spiro atoms. The SMILES string of the molecule is CCN(C)C(=O)C(C#N)=Cc1cccc(CCOC(=O)N[C@@H](Cc2ccccc2)B(O)O)c1. The minimum atomic E-state index is -1.73. The van der Waals surface area contributed by atoms with Crippen LogP contribution in [0.5, 0.6) is 0 Å². The van der Waals surface area contributed by atoms with Crippen LogP contribution in [0.15, 0.2) is 60.2 Å². The van der Waals surface area contributed by atoms with Crippen LogP contribution >= 0.6 is 0 Å². The average molecular weight is 449 g/mol. The van der Waals surface area contributed by atoms with E-state index in [1.54, 1.807) is 19.2 Å². The predicted molar refractivity (Wildman–Crippen MR) is 126 cm³/mol. The highest BCUT2D eigenvalue weighted by atomic mass is 16.5. The van der Waals surface area contributed by atoms with Gasteiger partial charge in [0, 0.05) is 20.0 Å². The molecule has 33 heavy (non-hydrogen) atoms. The third kappa shape index (κ3) is 8.45. The minimum absolute atomic E-state index is 0.0409. The van der Waals surface area contributed by atoms with E-state index in [4.69, 9.17) is 4.74 Å². The lowest BCUT2D eigenvalue weighted by atomic mass is 9.76. The fourth-order valence-corrected chi connectivity index (χ4v) is 3.05. The van der Waals surface area contributed by atoms with E-state index < -0.39 is 19.2 Å². The number of benzene rings is 2. The van der Waals surface area contributed by atoms with Crippen molar-refractivity contribution in [2.75, 3.05) is 20.2 Å². The molecule has 8 nitrogen and oxygen atoms in total. The van der Waals surface area contributed by atoms with Crippen LogP contribution in [0.25, 0.3) is 6.08 Å². The number of hydrogen-bond acceptors (Lipinski definition) is 6. The summed E-state index contributed by atoms with van der Waals surface area (Å²) in [5.41, 5.74) is 2.44. The summed E-state index contributed by atoms with van der Waals surface area (Å²) in [7, 11) is -0.1000. The number of amides is 2. The number of likely N-dealkylation sites (N-methyl/N-ethyl adjacent to an activating group) is 1. The molecule has 2 aromatic rings. The van der Waals surface area contributed by atoms with Gasteiger partial charge in [0.1, 0.15) is 11.6 Å². The van der Waals surface area contributed by atoms with Gasteiger partial charge in [-0.05, 0) is 36.1 Å². The van der Waals surface area contributed by atoms with E-state index in [0.717, 1.165) is 11.1 Å². The summed E-state index contributed by atoms with van der Waals surface area (Å²) in [6.07, 6.45) is 1.43. The quantitative estimate of drug-likeness (QED) is 0.290. The van der Waals surface area contributed by atoms with E-state index in [-0.39, 0.29) is 24.5 Å². The smallest absolute Gasteiger partial charge is 0.449 e. The van der Waals surface area contributed by atoms with Crippen LogP contribution in [-0.4, -0.2) is 60.2 Å². The van der Waals surface area contributed by atoms with Crippen molar-refractivity contribution in [2.45, 2.75) is 25.7 Å². The summed E-state index contributed by atoms with van der Waals surface area (Å²) in [6.45, 7) is 2.40. The Morgan fingerprint density at radius 1 is 1.18 bits per heavy atom. The number of carbonyl (C=O) groups is 2. The topological polar surface area (TPSA) is 123 Å². The Balaban J connectivity index is 1.92. The number of nitriles is 1. The number of nitrogens with one attached hydrogen (secondary N) is 1. The fourth-order valence-electron chi connectivity index (χ4n) is 3.05. The summed E-state index contributed by atoms with van der Waals surface area (Å²) in [4.78, 5) is 25.8. The molecular formula is C24H28BN3O5. The number of hydrogen-bond donors (Lipinski definition) is 3. The molecule has 0 aliphatic carbocycles. The first-order valence-electron chi connectivity index (χ1n) is 10.6. The van der Waals surface area contributed by atoms with Crippen LogP contribution in [0.3, 0.4) is 0 Å². The molecule has 0 saturated carbocycles. The Morgan fingerprint density at radius 3 is 2.52 bits per heavy atom. The van der Waals surface area contributed by atoms with Crippen molar-refractivity contribution in [1.82, 2.24) is 10.2 Å². The Bertz CT molecular complexity index is 1000. The third-order valence-electron chi connectivity index (χ3n) is 5.02. The lowest BCUT2D eigenvalue weighted by Gasteiger charge is -2.17. The molecule has 172 valence electrons. The second-order valence-corrected chi connectivity index (χ2v) is 7.47. The summed E-state index contributed by atoms with van der Waals surface area (Å²) in [5, 5.41) is 30.9. The summed E-state index contributed by atoms with van der Waals surface area (Å²) >= 11 is 0. The number of ether oxygens (including phenoxy) is 1. The first-order valence-corrected chi connectivity index (χ1v) is 10.6. The van der Waals surface area contributed by atoms with Gasteiger partial charge in [0.15, 0.2) is 0 Å². The largest absolute Gasteiger partial charge is 0.475 e. The van der Waals surface area contributed by atoms with Gasteiger partial charge in [0.25, 0.3) is 5.91 Å². The van der Waals surface area contributed by atoms with E-state index in [1.807, 2.05) is 55.5 Å². The molecule has 0 bridgehead atoms. The molecule has 1 atom stereocenters. The van der Waals surface area contributed by atoms with Crippen LogP contribution in [-0.2, 0) is 22.4 Å². The van der Waals surface area contributed by atoms with E-state index in [2.05, 4.69) is 5.32 Å². The van der Waals surface area contributed by atoms with Crippen molar-refractivity contribution in [2.24, 2.45) is 0 Å². The first-order chi connectivity index (χ1) is 15.8. The van der Waals surface area contributed by atoms with Gasteiger partial charge in [-0.2, -0.15) is 5.26 Å². The van der Waals surface area contributed by atoms with E-state index >= 15 is 0 Å². The molecule has 3 N–H and O–H groups in total. The summed E-state index contributed by atoms with van der Waals surface area (Å²) < 4.78 is 5.19. The van der Waals surface area contributed by atoms with Gasteiger partial charge < -0.3 is 25.0 Å². The number of rotatable bonds is 10. The van der Waals surface area contributed by atoms with E-state index in [1.165, 1.54) is 11.0 Å². The van der Waals surface area contributed by atoms with Crippen molar-refractivity contribution >= 4 is 25.2 Å². The van der Waals surface area contributed by atoms with Gasteiger partial charge in [0.2, 0.25) is 0 Å². The van der Waals surface area contributed by atoms with Crippen molar-refractivity contribution in [3.63, 3.8) is 0 Å². The molecule has 9 heteroatoms. The molecule has 0 aromatic heterocycles. The van der Waals surface area contributed by atoms with Crippen LogP contribution in [0.2, 0.25) is 0 Å². The molecule has 0 saturated heterocycles. The minimum Gasteiger partial charge on any atom is -0.449 e. The maximum Gasteiger partial charge on any atom is 0.475 e. The summed E-state index contributed by atoms with van der Waals surface area (Å²) in [6, 6.07) is 18.3. The Labute approximate surface area is 194 Å². The van der Waals surface area contributed by atoms with Crippen molar-refractivity contribution in [3.8, 4) is 6.07 Å². The zero-order chi connectivity index (χ0) is 24.2. The molecule has 0 unspecified atom stereocenters. The molecule has 0 heterocycles. The van der Waals surface area contributed by atoms with E-state index in [0.29, 0.717) is 18.5 Å². The third-order valence-corrected chi connectivity index (χ3v) is 5.02. The molecule has 0 aliphatic rings. The zero-order valence-corrected chi connectivity index (χ0v) is 18.8. The standard InChI is InChI=1S/C24H28BN3O5/c1-3-28(2)23(29)21(17-26)15-20-11-7-10-19(14-20)12-13-33-24(30)27-22(25(31)32)16-18-8-5-4-6-9-18/h4-11,14-15,22,31-32H,3,12-13,16H2,1-2H3,(H,27,30)/t22-/m0/s1.